The van der Waals surface area contributed by atoms with Crippen LogP contribution in [-0.4, -0.2) is 16.0 Å². The molecule has 1 aromatic rings. The van der Waals surface area contributed by atoms with E-state index in [2.05, 4.69) is 31.2 Å². The quantitative estimate of drug-likeness (QED) is 0.896. The van der Waals surface area contributed by atoms with E-state index in [1.54, 1.807) is 6.20 Å². The van der Waals surface area contributed by atoms with E-state index in [0.717, 1.165) is 16.1 Å². The van der Waals surface area contributed by atoms with Crippen molar-refractivity contribution in [1.29, 1.82) is 0 Å². The van der Waals surface area contributed by atoms with Crippen molar-refractivity contribution < 1.29 is 0 Å². The first-order valence-electron chi connectivity index (χ1n) is 5.51. The van der Waals surface area contributed by atoms with Crippen LogP contribution in [0.3, 0.4) is 0 Å². The van der Waals surface area contributed by atoms with Crippen LogP contribution in [0.1, 0.15) is 37.8 Å². The van der Waals surface area contributed by atoms with Crippen molar-refractivity contribution >= 4 is 21.7 Å². The fourth-order valence-corrected chi connectivity index (χ4v) is 2.40. The highest BCUT2D eigenvalue weighted by Gasteiger charge is 2.14. The molecule has 1 fully saturated rings. The predicted molar refractivity (Wildman–Crippen MR) is 65.0 cm³/mol. The van der Waals surface area contributed by atoms with Gasteiger partial charge in [-0.15, -0.1) is 0 Å². The van der Waals surface area contributed by atoms with Gasteiger partial charge in [0.15, 0.2) is 0 Å². The fourth-order valence-electron chi connectivity index (χ4n) is 2.04. The van der Waals surface area contributed by atoms with E-state index >= 15 is 0 Å². The first kappa shape index (κ1) is 10.9. The number of nitrogens with one attached hydrogen (secondary N) is 1. The SMILES string of the molecule is Cc1nc(Br)cnc1NC1CCCCC1. The van der Waals surface area contributed by atoms with E-state index in [-0.39, 0.29) is 0 Å². The van der Waals surface area contributed by atoms with E-state index in [4.69, 9.17) is 0 Å². The molecule has 1 aliphatic carbocycles. The molecule has 0 saturated heterocycles. The monoisotopic (exact) mass is 269 g/mol. The number of halogens is 1. The first-order valence-corrected chi connectivity index (χ1v) is 6.30. The number of anilines is 1. The third-order valence-electron chi connectivity index (χ3n) is 2.86. The average molecular weight is 270 g/mol. The Kier molecular flexibility index (Phi) is 3.57. The number of rotatable bonds is 2. The molecule has 0 bridgehead atoms. The first-order chi connectivity index (χ1) is 7.25. The van der Waals surface area contributed by atoms with E-state index < -0.39 is 0 Å². The van der Waals surface area contributed by atoms with Gasteiger partial charge < -0.3 is 5.32 Å². The molecule has 3 nitrogen and oxygen atoms in total. The van der Waals surface area contributed by atoms with Crippen molar-refractivity contribution in [1.82, 2.24) is 9.97 Å². The molecule has 0 spiro atoms. The smallest absolute Gasteiger partial charge is 0.147 e. The molecule has 2 rings (SSSR count). The van der Waals surface area contributed by atoms with Gasteiger partial charge in [0.05, 0.1) is 11.9 Å². The maximum Gasteiger partial charge on any atom is 0.147 e. The largest absolute Gasteiger partial charge is 0.366 e. The van der Waals surface area contributed by atoms with Crippen molar-refractivity contribution in [3.8, 4) is 0 Å². The van der Waals surface area contributed by atoms with Crippen molar-refractivity contribution in [2.24, 2.45) is 0 Å². The summed E-state index contributed by atoms with van der Waals surface area (Å²) in [7, 11) is 0. The highest BCUT2D eigenvalue weighted by molar-refractivity contribution is 9.10. The molecule has 0 amide bonds. The molecule has 0 radical (unpaired) electrons. The summed E-state index contributed by atoms with van der Waals surface area (Å²) in [6.07, 6.45) is 8.32. The maximum absolute atomic E-state index is 4.35. The highest BCUT2D eigenvalue weighted by Crippen LogP contribution is 2.22. The van der Waals surface area contributed by atoms with Crippen LogP contribution in [0.4, 0.5) is 5.82 Å². The van der Waals surface area contributed by atoms with Crippen LogP contribution in [-0.2, 0) is 0 Å². The molecule has 1 aliphatic rings. The van der Waals surface area contributed by atoms with Crippen LogP contribution >= 0.6 is 15.9 Å². The molecule has 4 heteroatoms. The molecule has 0 aromatic carbocycles. The highest BCUT2D eigenvalue weighted by atomic mass is 79.9. The van der Waals surface area contributed by atoms with Gasteiger partial charge in [0.1, 0.15) is 10.4 Å². The summed E-state index contributed by atoms with van der Waals surface area (Å²) in [6, 6.07) is 0.591. The zero-order valence-corrected chi connectivity index (χ0v) is 10.5. The Bertz CT molecular complexity index is 335. The van der Waals surface area contributed by atoms with Gasteiger partial charge in [-0.05, 0) is 35.7 Å². The molecule has 15 heavy (non-hydrogen) atoms. The lowest BCUT2D eigenvalue weighted by Gasteiger charge is -2.23. The standard InChI is InChI=1S/C11H16BrN3/c1-8-11(13-7-10(12)14-8)15-9-5-3-2-4-6-9/h7,9H,2-6H2,1H3,(H,13,15). The van der Waals surface area contributed by atoms with Crippen molar-refractivity contribution in [2.75, 3.05) is 5.32 Å². The molecular formula is C11H16BrN3. The van der Waals surface area contributed by atoms with Gasteiger partial charge in [-0.3, -0.25) is 0 Å². The number of aryl methyl sites for hydroxylation is 1. The van der Waals surface area contributed by atoms with Gasteiger partial charge in [-0.1, -0.05) is 19.3 Å². The molecule has 82 valence electrons. The molecule has 1 N–H and O–H groups in total. The van der Waals surface area contributed by atoms with Crippen molar-refractivity contribution in [3.63, 3.8) is 0 Å². The molecule has 0 atom stereocenters. The number of hydrogen-bond acceptors (Lipinski definition) is 3. The Hall–Kier alpha value is -0.640. The van der Waals surface area contributed by atoms with Crippen LogP contribution in [0.25, 0.3) is 0 Å². The van der Waals surface area contributed by atoms with Gasteiger partial charge in [0.25, 0.3) is 0 Å². The van der Waals surface area contributed by atoms with Crippen LogP contribution in [0.5, 0.6) is 0 Å². The second kappa shape index (κ2) is 4.92. The Morgan fingerprint density at radius 2 is 2.07 bits per heavy atom. The zero-order chi connectivity index (χ0) is 10.7. The third-order valence-corrected chi connectivity index (χ3v) is 3.25. The zero-order valence-electron chi connectivity index (χ0n) is 8.96. The van der Waals surface area contributed by atoms with E-state index in [0.29, 0.717) is 6.04 Å². The van der Waals surface area contributed by atoms with Gasteiger partial charge >= 0.3 is 0 Å². The molecule has 0 unspecified atom stereocenters. The molecule has 0 aliphatic heterocycles. The molecule has 1 aromatic heterocycles. The van der Waals surface area contributed by atoms with Gasteiger partial charge in [-0.2, -0.15) is 0 Å². The van der Waals surface area contributed by atoms with Crippen LogP contribution < -0.4 is 5.32 Å². The summed E-state index contributed by atoms with van der Waals surface area (Å²) < 4.78 is 0.800. The minimum atomic E-state index is 0.591. The summed E-state index contributed by atoms with van der Waals surface area (Å²) in [4.78, 5) is 8.68. The topological polar surface area (TPSA) is 37.8 Å². The van der Waals surface area contributed by atoms with Gasteiger partial charge in [0.2, 0.25) is 0 Å². The molecule has 1 saturated carbocycles. The Morgan fingerprint density at radius 3 is 2.73 bits per heavy atom. The maximum atomic E-state index is 4.35. The summed E-state index contributed by atoms with van der Waals surface area (Å²) >= 11 is 3.32. The second-order valence-corrected chi connectivity index (χ2v) is 4.92. The van der Waals surface area contributed by atoms with Gasteiger partial charge in [-0.25, -0.2) is 9.97 Å². The van der Waals surface area contributed by atoms with E-state index in [1.807, 2.05) is 6.92 Å². The number of nitrogens with zero attached hydrogens (tertiary/aromatic N) is 2. The summed E-state index contributed by atoms with van der Waals surface area (Å²) in [6.45, 7) is 1.99. The van der Waals surface area contributed by atoms with Crippen LogP contribution in [0.2, 0.25) is 0 Å². The predicted octanol–water partition coefficient (Wildman–Crippen LogP) is 3.29. The van der Waals surface area contributed by atoms with Crippen molar-refractivity contribution in [2.45, 2.75) is 45.1 Å². The fraction of sp³-hybridized carbons (Fsp3) is 0.636. The number of hydrogen-bond donors (Lipinski definition) is 1. The minimum Gasteiger partial charge on any atom is -0.366 e. The van der Waals surface area contributed by atoms with Gasteiger partial charge in [0, 0.05) is 6.04 Å². The minimum absolute atomic E-state index is 0.591. The normalized spacial score (nSPS) is 17.7. The number of aromatic nitrogens is 2. The average Bonchev–Trinajstić information content (AvgIpc) is 2.24. The third kappa shape index (κ3) is 2.91. The Balaban J connectivity index is 2.03. The summed E-state index contributed by atoms with van der Waals surface area (Å²) in [5.41, 5.74) is 0.968. The Morgan fingerprint density at radius 1 is 1.33 bits per heavy atom. The van der Waals surface area contributed by atoms with Crippen molar-refractivity contribution in [3.05, 3.63) is 16.5 Å². The van der Waals surface area contributed by atoms with E-state index in [1.165, 1.54) is 32.1 Å². The molecular weight excluding hydrogens is 254 g/mol. The van der Waals surface area contributed by atoms with Crippen LogP contribution in [0, 0.1) is 6.92 Å². The van der Waals surface area contributed by atoms with Crippen LogP contribution in [0.15, 0.2) is 10.8 Å². The summed E-state index contributed by atoms with van der Waals surface area (Å²) in [5.74, 6) is 0.935. The summed E-state index contributed by atoms with van der Waals surface area (Å²) in [5, 5.41) is 3.48. The molecule has 1 heterocycles. The lowest BCUT2D eigenvalue weighted by atomic mass is 9.95. The lowest BCUT2D eigenvalue weighted by Crippen LogP contribution is -2.23. The van der Waals surface area contributed by atoms with E-state index in [9.17, 15) is 0 Å². The Labute approximate surface area is 98.8 Å². The lowest BCUT2D eigenvalue weighted by molar-refractivity contribution is 0.461. The second-order valence-electron chi connectivity index (χ2n) is 4.11.